The van der Waals surface area contributed by atoms with Crippen LogP contribution in [-0.2, 0) is 0 Å². The third kappa shape index (κ3) is 1.63. The zero-order valence-corrected chi connectivity index (χ0v) is 9.32. The number of fused-ring (bicyclic) bond motifs is 1. The van der Waals surface area contributed by atoms with E-state index in [9.17, 15) is 0 Å². The van der Waals surface area contributed by atoms with E-state index in [1.807, 2.05) is 6.20 Å². The molecule has 1 heteroatoms. The normalized spacial score (nSPS) is 16.1. The topological polar surface area (TPSA) is 12.9 Å². The Labute approximate surface area is 95.8 Å². The molecule has 0 amide bonds. The van der Waals surface area contributed by atoms with Gasteiger partial charge >= 0.3 is 0 Å². The third-order valence-electron chi connectivity index (χ3n) is 3.27. The second kappa shape index (κ2) is 4.09. The van der Waals surface area contributed by atoms with Crippen molar-refractivity contribution >= 4 is 16.3 Å². The minimum Gasteiger partial charge on any atom is -0.256 e. The lowest BCUT2D eigenvalue weighted by Gasteiger charge is -2.13. The number of aromatic nitrogens is 1. The van der Waals surface area contributed by atoms with Crippen LogP contribution in [0.15, 0.2) is 42.6 Å². The Morgan fingerprint density at radius 1 is 1.00 bits per heavy atom. The van der Waals surface area contributed by atoms with Crippen LogP contribution in [0.25, 0.3) is 16.3 Å². The Bertz CT molecular complexity index is 535. The van der Waals surface area contributed by atoms with Gasteiger partial charge in [0.15, 0.2) is 0 Å². The van der Waals surface area contributed by atoms with Gasteiger partial charge in [-0.2, -0.15) is 0 Å². The third-order valence-corrected chi connectivity index (χ3v) is 3.27. The molecule has 1 aromatic heterocycles. The molecule has 1 nitrogen and oxygen atoms in total. The molecule has 0 fully saturated rings. The van der Waals surface area contributed by atoms with Gasteiger partial charge in [0, 0.05) is 11.6 Å². The van der Waals surface area contributed by atoms with Gasteiger partial charge in [0.05, 0.1) is 5.69 Å². The molecule has 0 saturated carbocycles. The summed E-state index contributed by atoms with van der Waals surface area (Å²) < 4.78 is 0. The van der Waals surface area contributed by atoms with Crippen molar-refractivity contribution in [2.45, 2.75) is 25.7 Å². The van der Waals surface area contributed by atoms with E-state index in [1.54, 1.807) is 0 Å². The molecule has 0 saturated heterocycles. The van der Waals surface area contributed by atoms with E-state index in [0.717, 1.165) is 0 Å². The highest BCUT2D eigenvalue weighted by atomic mass is 14.7. The van der Waals surface area contributed by atoms with Gasteiger partial charge in [0.25, 0.3) is 0 Å². The molecule has 3 rings (SSSR count). The summed E-state index contributed by atoms with van der Waals surface area (Å²) in [6.07, 6.45) is 9.30. The number of allylic oxidation sites excluding steroid dienone is 2. The van der Waals surface area contributed by atoms with Crippen molar-refractivity contribution < 1.29 is 0 Å². The lowest BCUT2D eigenvalue weighted by atomic mass is 9.94. The maximum Gasteiger partial charge on any atom is 0.0736 e. The average Bonchev–Trinajstić information content (AvgIpc) is 2.39. The summed E-state index contributed by atoms with van der Waals surface area (Å²) in [6.45, 7) is 0. The highest BCUT2D eigenvalue weighted by Gasteiger charge is 2.10. The average molecular weight is 209 g/mol. The molecule has 0 spiro atoms. The molecule has 1 aromatic carbocycles. The number of hydrogen-bond donors (Lipinski definition) is 0. The summed E-state index contributed by atoms with van der Waals surface area (Å²) in [5.74, 6) is 0. The van der Waals surface area contributed by atoms with E-state index >= 15 is 0 Å². The largest absolute Gasteiger partial charge is 0.256 e. The van der Waals surface area contributed by atoms with Crippen LogP contribution in [0, 0.1) is 0 Å². The van der Waals surface area contributed by atoms with Crippen LogP contribution >= 0.6 is 0 Å². The fraction of sp³-hybridized carbons (Fsp3) is 0.267. The van der Waals surface area contributed by atoms with E-state index in [-0.39, 0.29) is 0 Å². The first-order valence-electron chi connectivity index (χ1n) is 5.98. The quantitative estimate of drug-likeness (QED) is 0.686. The summed E-state index contributed by atoms with van der Waals surface area (Å²) >= 11 is 0. The van der Waals surface area contributed by atoms with Gasteiger partial charge in [-0.25, -0.2) is 0 Å². The van der Waals surface area contributed by atoms with Crippen molar-refractivity contribution in [3.8, 4) is 0 Å². The molecule has 1 aliphatic carbocycles. The van der Waals surface area contributed by atoms with Gasteiger partial charge in [-0.3, -0.25) is 4.98 Å². The molecule has 0 atom stereocenters. The number of hydrogen-bond acceptors (Lipinski definition) is 1. The zero-order chi connectivity index (χ0) is 10.8. The molecular formula is C15H15N. The van der Waals surface area contributed by atoms with E-state index in [1.165, 1.54) is 47.7 Å². The Morgan fingerprint density at radius 3 is 2.81 bits per heavy atom. The van der Waals surface area contributed by atoms with Crippen LogP contribution in [0.4, 0.5) is 0 Å². The van der Waals surface area contributed by atoms with Crippen molar-refractivity contribution in [3.05, 3.63) is 48.3 Å². The Kier molecular flexibility index (Phi) is 2.45. The van der Waals surface area contributed by atoms with Gasteiger partial charge in [-0.1, -0.05) is 30.3 Å². The van der Waals surface area contributed by atoms with Gasteiger partial charge < -0.3 is 0 Å². The van der Waals surface area contributed by atoms with E-state index in [0.29, 0.717) is 0 Å². The minimum absolute atomic E-state index is 1.18. The van der Waals surface area contributed by atoms with Crippen molar-refractivity contribution in [1.82, 2.24) is 4.98 Å². The smallest absolute Gasteiger partial charge is 0.0736 e. The monoisotopic (exact) mass is 209 g/mol. The van der Waals surface area contributed by atoms with Crippen molar-refractivity contribution in [2.75, 3.05) is 0 Å². The number of nitrogens with zero attached hydrogens (tertiary/aromatic N) is 1. The molecule has 16 heavy (non-hydrogen) atoms. The van der Waals surface area contributed by atoms with Crippen LogP contribution in [-0.4, -0.2) is 4.98 Å². The Hall–Kier alpha value is -1.63. The highest BCUT2D eigenvalue weighted by Crippen LogP contribution is 2.29. The maximum atomic E-state index is 4.56. The van der Waals surface area contributed by atoms with Gasteiger partial charge in [-0.15, -0.1) is 0 Å². The fourth-order valence-electron chi connectivity index (χ4n) is 2.43. The van der Waals surface area contributed by atoms with E-state index in [4.69, 9.17) is 0 Å². The van der Waals surface area contributed by atoms with Gasteiger partial charge in [0.2, 0.25) is 0 Å². The Morgan fingerprint density at radius 2 is 1.94 bits per heavy atom. The molecule has 0 aliphatic heterocycles. The molecule has 0 N–H and O–H groups in total. The molecule has 1 heterocycles. The van der Waals surface area contributed by atoms with Crippen LogP contribution < -0.4 is 0 Å². The summed E-state index contributed by atoms with van der Waals surface area (Å²) in [6, 6.07) is 10.6. The zero-order valence-electron chi connectivity index (χ0n) is 9.32. The molecule has 2 aromatic rings. The van der Waals surface area contributed by atoms with Crippen LogP contribution in [0.5, 0.6) is 0 Å². The first kappa shape index (κ1) is 9.59. The second-order valence-corrected chi connectivity index (χ2v) is 4.36. The second-order valence-electron chi connectivity index (χ2n) is 4.36. The van der Waals surface area contributed by atoms with Gasteiger partial charge in [0.1, 0.15) is 0 Å². The molecule has 0 unspecified atom stereocenters. The lowest BCUT2D eigenvalue weighted by molar-refractivity contribution is 0.740. The van der Waals surface area contributed by atoms with Crippen LogP contribution in [0.2, 0.25) is 0 Å². The predicted molar refractivity (Wildman–Crippen MR) is 68.2 cm³/mol. The van der Waals surface area contributed by atoms with Crippen LogP contribution in [0.1, 0.15) is 31.4 Å². The van der Waals surface area contributed by atoms with E-state index < -0.39 is 0 Å². The van der Waals surface area contributed by atoms with Crippen molar-refractivity contribution in [1.29, 1.82) is 0 Å². The first-order chi connectivity index (χ1) is 7.95. The highest BCUT2D eigenvalue weighted by molar-refractivity contribution is 5.92. The lowest BCUT2D eigenvalue weighted by Crippen LogP contribution is -1.95. The van der Waals surface area contributed by atoms with E-state index in [2.05, 4.69) is 41.4 Å². The minimum atomic E-state index is 1.18. The SMILES string of the molecule is C1=C(c2nccc3ccccc23)CCCC1. The first-order valence-corrected chi connectivity index (χ1v) is 5.98. The van der Waals surface area contributed by atoms with Crippen LogP contribution in [0.3, 0.4) is 0 Å². The molecule has 80 valence electrons. The summed E-state index contributed by atoms with van der Waals surface area (Å²) in [7, 11) is 0. The molecule has 0 radical (unpaired) electrons. The standard InChI is InChI=1S/C15H15N/c1-2-7-13(8-3-1)15-14-9-5-4-6-12(14)10-11-16-15/h4-7,9-11H,1-3,8H2. The summed E-state index contributed by atoms with van der Waals surface area (Å²) in [5, 5.41) is 2.58. The maximum absolute atomic E-state index is 4.56. The summed E-state index contributed by atoms with van der Waals surface area (Å²) in [5.41, 5.74) is 2.63. The fourth-order valence-corrected chi connectivity index (χ4v) is 2.43. The van der Waals surface area contributed by atoms with Gasteiger partial charge in [-0.05, 0) is 42.7 Å². The predicted octanol–water partition coefficient (Wildman–Crippen LogP) is 4.19. The summed E-state index contributed by atoms with van der Waals surface area (Å²) in [4.78, 5) is 4.56. The number of pyridine rings is 1. The number of rotatable bonds is 1. The number of benzene rings is 1. The molecule has 0 bridgehead atoms. The van der Waals surface area contributed by atoms with Crippen molar-refractivity contribution in [2.24, 2.45) is 0 Å². The van der Waals surface area contributed by atoms with Crippen molar-refractivity contribution in [3.63, 3.8) is 0 Å². The molecule has 1 aliphatic rings. The Balaban J connectivity index is 2.19. The molecular weight excluding hydrogens is 194 g/mol.